The summed E-state index contributed by atoms with van der Waals surface area (Å²) >= 11 is 0. The van der Waals surface area contributed by atoms with Crippen LogP contribution < -0.4 is 32.0 Å². The van der Waals surface area contributed by atoms with Crippen LogP contribution in [0.25, 0.3) is 90.9 Å². The third-order valence-electron chi connectivity index (χ3n) is 15.5. The lowest BCUT2D eigenvalue weighted by Crippen LogP contribution is -2.33. The van der Waals surface area contributed by atoms with Crippen molar-refractivity contribution in [2.24, 2.45) is 0 Å². The molecule has 13 rings (SSSR count). The Morgan fingerprint density at radius 3 is 1.10 bits per heavy atom. The van der Waals surface area contributed by atoms with E-state index in [-0.39, 0.29) is 37.6 Å². The molecule has 20 nitrogen and oxygen atoms in total. The van der Waals surface area contributed by atoms with Crippen LogP contribution in [0.15, 0.2) is 153 Å². The number of H-pyrrole nitrogens is 4. The van der Waals surface area contributed by atoms with Crippen LogP contribution in [0.2, 0.25) is 0 Å². The highest BCUT2D eigenvalue weighted by Gasteiger charge is 2.37. The first-order valence-corrected chi connectivity index (χ1v) is 27.2. The molecule has 4 aromatic carbocycles. The molecule has 6 atom stereocenters. The van der Waals surface area contributed by atoms with Gasteiger partial charge in [0.05, 0.1) is 35.0 Å². The van der Waals surface area contributed by atoms with Crippen molar-refractivity contribution in [3.8, 4) is 67.5 Å². The molecular formula is C64H54N8O12. The van der Waals surface area contributed by atoms with Crippen LogP contribution >= 0.6 is 0 Å². The van der Waals surface area contributed by atoms with Crippen molar-refractivity contribution in [3.05, 3.63) is 209 Å². The number of aliphatic hydroxyl groups excluding tert-OH is 2. The van der Waals surface area contributed by atoms with Crippen molar-refractivity contribution in [1.29, 1.82) is 0 Å². The van der Waals surface area contributed by atoms with Crippen LogP contribution in [0.1, 0.15) is 59.2 Å². The fourth-order valence-electron chi connectivity index (χ4n) is 11.1. The van der Waals surface area contributed by atoms with Gasteiger partial charge in [0, 0.05) is 80.7 Å². The molecule has 0 radical (unpaired) electrons. The van der Waals surface area contributed by atoms with Crippen LogP contribution in [0.5, 0.6) is 23.0 Å². The summed E-state index contributed by atoms with van der Waals surface area (Å²) in [5, 5.41) is 42.9. The average molecular weight is 1130 g/mol. The zero-order chi connectivity index (χ0) is 57.9. The smallest absolute Gasteiger partial charge is 0.330 e. The van der Waals surface area contributed by atoms with Crippen molar-refractivity contribution in [2.75, 3.05) is 13.2 Å². The van der Waals surface area contributed by atoms with Crippen molar-refractivity contribution in [3.63, 3.8) is 0 Å². The quantitative estimate of drug-likeness (QED) is 0.0569. The summed E-state index contributed by atoms with van der Waals surface area (Å²) < 4.78 is 27.1. The average Bonchev–Trinajstić information content (AvgIpc) is 3.06. The fraction of sp³-hybridized carbons (Fsp3) is 0.188. The molecule has 9 heterocycles. The Morgan fingerprint density at radius 2 is 0.774 bits per heavy atom. The van der Waals surface area contributed by atoms with Crippen molar-refractivity contribution in [2.45, 2.75) is 63.6 Å². The summed E-state index contributed by atoms with van der Waals surface area (Å²) in [6, 6.07) is 36.9. The first-order valence-electron chi connectivity index (χ1n) is 27.2. The monoisotopic (exact) mass is 1130 g/mol. The highest BCUT2D eigenvalue weighted by molar-refractivity contribution is 6.00. The summed E-state index contributed by atoms with van der Waals surface area (Å²) in [5.41, 5.74) is 10.2. The predicted molar refractivity (Wildman–Crippen MR) is 316 cm³/mol. The number of aromatic amines is 4. The van der Waals surface area contributed by atoms with E-state index in [1.807, 2.05) is 121 Å². The van der Waals surface area contributed by atoms with E-state index in [2.05, 4.69) is 19.9 Å². The minimum atomic E-state index is -0.935. The summed E-state index contributed by atoms with van der Waals surface area (Å²) in [7, 11) is 0. The third kappa shape index (κ3) is 10.2. The standard InChI is InChI=1S/C64H54N8O12/c1-33-29-71(63(79)69-61(33)77)55-27-51(75)53(83-55)31-81-41-15-7-37(8-16-41)59-47-23-19-43(65-47)57(35-3-11-39(73)12-4-35)45-21-25-49(67-45)60(50-26-22-46(68-50)58(44-20-24-48(59)66-44)36-5-13-40(74)14-6-36)38-9-17-42(18-10-38)82-32-54-52(76)28-56(84-54)72-30-34(2)62(78)70-64(72)80/h3-26,29-30,51-56,65,68,73-76H,27-28,31-32H2,1-2H3,(H,69,77,79)(H,70,78,80)/t51-,52-,53+,54+,55+,56+/m0/s1. The lowest BCUT2D eigenvalue weighted by atomic mass is 10.0. The molecule has 4 aliphatic heterocycles. The van der Waals surface area contributed by atoms with Crippen LogP contribution in [0, 0.1) is 13.8 Å². The number of aromatic hydroxyl groups is 2. The number of hydrogen-bond acceptors (Lipinski definition) is 14. The molecule has 2 saturated heterocycles. The molecule has 8 bridgehead atoms. The molecule has 9 aromatic rings. The van der Waals surface area contributed by atoms with Crippen LogP contribution in [-0.4, -0.2) is 97.1 Å². The Bertz CT molecular complexity index is 4250. The molecule has 8 N–H and O–H groups in total. The van der Waals surface area contributed by atoms with Crippen molar-refractivity contribution < 1.29 is 39.4 Å². The second-order valence-corrected chi connectivity index (χ2v) is 21.1. The Labute approximate surface area is 476 Å². The highest BCUT2D eigenvalue weighted by Crippen LogP contribution is 2.40. The van der Waals surface area contributed by atoms with Crippen LogP contribution in [0.3, 0.4) is 0 Å². The first-order chi connectivity index (χ1) is 40.7. The number of phenols is 2. The van der Waals surface area contributed by atoms with E-state index in [1.54, 1.807) is 38.1 Å². The number of rotatable bonds is 12. The van der Waals surface area contributed by atoms with Gasteiger partial charge in [0.15, 0.2) is 0 Å². The number of aromatic nitrogens is 8. The van der Waals surface area contributed by atoms with E-state index in [4.69, 9.17) is 28.9 Å². The minimum absolute atomic E-state index is 0.0125. The molecule has 0 unspecified atom stereocenters. The molecule has 0 aliphatic carbocycles. The van der Waals surface area contributed by atoms with Gasteiger partial charge in [0.25, 0.3) is 11.1 Å². The molecule has 2 fully saturated rings. The predicted octanol–water partition coefficient (Wildman–Crippen LogP) is 8.51. The van der Waals surface area contributed by atoms with Gasteiger partial charge in [0.1, 0.15) is 60.9 Å². The Morgan fingerprint density at radius 1 is 0.464 bits per heavy atom. The number of aryl methyl sites for hydroxylation is 2. The van der Waals surface area contributed by atoms with E-state index >= 15 is 0 Å². The summed E-state index contributed by atoms with van der Waals surface area (Å²) in [6.45, 7) is 3.15. The van der Waals surface area contributed by atoms with Gasteiger partial charge < -0.3 is 49.3 Å². The highest BCUT2D eigenvalue weighted by atomic mass is 16.6. The third-order valence-corrected chi connectivity index (χ3v) is 15.5. The lowest BCUT2D eigenvalue weighted by Gasteiger charge is -2.17. The SMILES string of the molecule is Cc1cn([C@H]2C[C@H](O)[C@@H](COc3ccc(-c4c5nc(c(-c6ccc(O)cc6)c6ccc([nH]6)c(-c6ccc(OC[C@H]7O[C@@H](n8cc(C)c(=O)[nH]c8=O)C[C@@H]7O)cc6)c6nc(c(-c7ccc(O)cc7)c7ccc4[nH]7)C=C6)C=C5)cc3)O2)c(=O)[nH]c1=O. The summed E-state index contributed by atoms with van der Waals surface area (Å²) in [5.74, 6) is 1.22. The second-order valence-electron chi connectivity index (χ2n) is 21.1. The topological polar surface area (TPSA) is 285 Å². The number of benzene rings is 4. The number of aliphatic hydroxyl groups is 2. The normalized spacial score (nSPS) is 19.0. The van der Waals surface area contributed by atoms with Gasteiger partial charge in [-0.3, -0.25) is 28.7 Å². The number of fused-ring (bicyclic) bond motifs is 8. The second kappa shape index (κ2) is 21.7. The van der Waals surface area contributed by atoms with Crippen LogP contribution in [0.4, 0.5) is 0 Å². The maximum Gasteiger partial charge on any atom is 0.330 e. The zero-order valence-electron chi connectivity index (χ0n) is 45.1. The number of ether oxygens (including phenoxy) is 4. The minimum Gasteiger partial charge on any atom is -0.508 e. The zero-order valence-corrected chi connectivity index (χ0v) is 45.1. The number of phenolic OH excluding ortho intramolecular Hbond substituents is 2. The molecule has 0 spiro atoms. The lowest BCUT2D eigenvalue weighted by molar-refractivity contribution is -0.0410. The molecule has 422 valence electrons. The molecular weight excluding hydrogens is 1070 g/mol. The Hall–Kier alpha value is -10.1. The maximum absolute atomic E-state index is 12.6. The van der Waals surface area contributed by atoms with E-state index < -0.39 is 59.4 Å². The van der Waals surface area contributed by atoms with E-state index in [0.29, 0.717) is 45.4 Å². The van der Waals surface area contributed by atoms with Crippen molar-refractivity contribution in [1.82, 2.24) is 39.0 Å². The number of nitrogens with zero attached hydrogens (tertiary/aromatic N) is 4. The summed E-state index contributed by atoms with van der Waals surface area (Å²) in [6.07, 6.45) is 5.98. The molecule has 0 amide bonds. The summed E-state index contributed by atoms with van der Waals surface area (Å²) in [4.78, 5) is 72.0. The van der Waals surface area contributed by atoms with Gasteiger partial charge in [-0.2, -0.15) is 0 Å². The van der Waals surface area contributed by atoms with Gasteiger partial charge in [-0.15, -0.1) is 0 Å². The van der Waals surface area contributed by atoms with E-state index in [0.717, 1.165) is 66.6 Å². The fourth-order valence-corrected chi connectivity index (χ4v) is 11.1. The van der Waals surface area contributed by atoms with Crippen LogP contribution in [-0.2, 0) is 9.47 Å². The maximum atomic E-state index is 12.6. The Kier molecular flexibility index (Phi) is 13.7. The molecule has 0 saturated carbocycles. The van der Waals surface area contributed by atoms with Gasteiger partial charge in [0.2, 0.25) is 0 Å². The molecule has 84 heavy (non-hydrogen) atoms. The first kappa shape index (κ1) is 53.2. The van der Waals surface area contributed by atoms with E-state index in [1.165, 1.54) is 21.5 Å². The largest absolute Gasteiger partial charge is 0.508 e. The number of hydrogen-bond donors (Lipinski definition) is 8. The van der Waals surface area contributed by atoms with Gasteiger partial charge >= 0.3 is 11.4 Å². The van der Waals surface area contributed by atoms with E-state index in [9.17, 15) is 39.6 Å². The molecule has 5 aromatic heterocycles. The molecule has 4 aliphatic rings. The van der Waals surface area contributed by atoms with Gasteiger partial charge in [-0.05, 0) is 133 Å². The molecule has 20 heteroatoms. The van der Waals surface area contributed by atoms with Gasteiger partial charge in [-0.25, -0.2) is 19.6 Å². The van der Waals surface area contributed by atoms with Gasteiger partial charge in [-0.1, -0.05) is 48.5 Å². The Balaban J connectivity index is 0.893. The van der Waals surface area contributed by atoms with Crippen molar-refractivity contribution >= 4 is 46.4 Å². The number of nitrogens with one attached hydrogen (secondary N) is 4.